The molecule has 0 radical (unpaired) electrons. The van der Waals surface area contributed by atoms with Crippen LogP contribution in [0.15, 0.2) is 66.8 Å². The molecule has 200 valence electrons. The Bertz CT molecular complexity index is 1540. The zero-order chi connectivity index (χ0) is 28.3. The van der Waals surface area contributed by atoms with Crippen LogP contribution in [0.3, 0.4) is 0 Å². The van der Waals surface area contributed by atoms with Gasteiger partial charge in [0, 0.05) is 21.2 Å². The number of hydrogen-bond acceptors (Lipinski definition) is 5. The monoisotopic (exact) mass is 604 g/mol. The molecule has 3 aromatic carbocycles. The van der Waals surface area contributed by atoms with Crippen molar-refractivity contribution in [3.63, 3.8) is 0 Å². The van der Waals surface area contributed by atoms with E-state index in [0.717, 1.165) is 10.5 Å². The van der Waals surface area contributed by atoms with Crippen LogP contribution >= 0.6 is 46.4 Å². The predicted octanol–water partition coefficient (Wildman–Crippen LogP) is 7.28. The summed E-state index contributed by atoms with van der Waals surface area (Å²) < 4.78 is 11.6. The topological polar surface area (TPSA) is 84.9 Å². The molecular formula is C28H20Cl4N2O5. The first kappa shape index (κ1) is 28.5. The first-order valence-corrected chi connectivity index (χ1v) is 12.9. The minimum atomic E-state index is -0.907. The number of barbiturate groups is 1. The Morgan fingerprint density at radius 1 is 0.923 bits per heavy atom. The summed E-state index contributed by atoms with van der Waals surface area (Å²) in [6.45, 7) is 3.94. The van der Waals surface area contributed by atoms with E-state index in [1.54, 1.807) is 36.4 Å². The number of ether oxygens (including phenoxy) is 2. The maximum absolute atomic E-state index is 13.3. The Morgan fingerprint density at radius 3 is 2.36 bits per heavy atom. The highest BCUT2D eigenvalue weighted by atomic mass is 35.5. The molecule has 0 aliphatic carbocycles. The first-order valence-electron chi connectivity index (χ1n) is 11.4. The van der Waals surface area contributed by atoms with E-state index in [-0.39, 0.29) is 27.9 Å². The van der Waals surface area contributed by atoms with Gasteiger partial charge in [-0.3, -0.25) is 14.9 Å². The van der Waals surface area contributed by atoms with Crippen LogP contribution in [0.1, 0.15) is 16.7 Å². The number of anilines is 1. The number of nitrogens with zero attached hydrogens (tertiary/aromatic N) is 1. The number of imide groups is 2. The Morgan fingerprint density at radius 2 is 1.69 bits per heavy atom. The van der Waals surface area contributed by atoms with E-state index in [2.05, 4.69) is 11.9 Å². The molecule has 4 rings (SSSR count). The van der Waals surface area contributed by atoms with E-state index >= 15 is 0 Å². The van der Waals surface area contributed by atoms with E-state index in [1.807, 2.05) is 0 Å². The average Bonchev–Trinajstić information content (AvgIpc) is 2.88. The van der Waals surface area contributed by atoms with Crippen molar-refractivity contribution >= 4 is 76.0 Å². The molecule has 1 N–H and O–H groups in total. The SMILES string of the molecule is C=CCc1cc(/C=C2\C(=O)NC(=O)N(c3ccc(Cl)c(Cl)c3)C2=O)cc(OC)c1OCc1ccc(Cl)cc1Cl. The summed E-state index contributed by atoms with van der Waals surface area (Å²) >= 11 is 24.3. The van der Waals surface area contributed by atoms with Crippen LogP contribution in [0.2, 0.25) is 20.1 Å². The number of hydrogen-bond donors (Lipinski definition) is 1. The van der Waals surface area contributed by atoms with Crippen LogP contribution in [-0.4, -0.2) is 25.0 Å². The van der Waals surface area contributed by atoms with Gasteiger partial charge in [0.15, 0.2) is 11.5 Å². The molecule has 1 aliphatic heterocycles. The van der Waals surface area contributed by atoms with E-state index in [9.17, 15) is 14.4 Å². The second kappa shape index (κ2) is 12.1. The van der Waals surface area contributed by atoms with Gasteiger partial charge < -0.3 is 9.47 Å². The molecular weight excluding hydrogens is 586 g/mol. The number of allylic oxidation sites excluding steroid dienone is 1. The van der Waals surface area contributed by atoms with Crippen LogP contribution in [-0.2, 0) is 22.6 Å². The van der Waals surface area contributed by atoms with E-state index < -0.39 is 17.8 Å². The number of rotatable bonds is 8. The Balaban J connectivity index is 1.70. The fraction of sp³-hybridized carbons (Fsp3) is 0.107. The Labute approximate surface area is 244 Å². The average molecular weight is 606 g/mol. The van der Waals surface area contributed by atoms with Gasteiger partial charge >= 0.3 is 6.03 Å². The van der Waals surface area contributed by atoms with Crippen molar-refractivity contribution in [2.75, 3.05) is 12.0 Å². The van der Waals surface area contributed by atoms with Crippen LogP contribution in [0.4, 0.5) is 10.5 Å². The summed E-state index contributed by atoms with van der Waals surface area (Å²) in [5.74, 6) is -0.877. The Kier molecular flexibility index (Phi) is 8.87. The number of carbonyl (C=O) groups is 3. The number of benzene rings is 3. The van der Waals surface area contributed by atoms with Gasteiger partial charge in [0.25, 0.3) is 11.8 Å². The summed E-state index contributed by atoms with van der Waals surface area (Å²) in [7, 11) is 1.47. The van der Waals surface area contributed by atoms with Crippen LogP contribution in [0, 0.1) is 0 Å². The summed E-state index contributed by atoms with van der Waals surface area (Å²) in [4.78, 5) is 39.3. The van der Waals surface area contributed by atoms with Gasteiger partial charge in [-0.1, -0.05) is 58.5 Å². The van der Waals surface area contributed by atoms with Crippen LogP contribution in [0.5, 0.6) is 11.5 Å². The fourth-order valence-corrected chi connectivity index (χ4v) is 4.62. The second-order valence-electron chi connectivity index (χ2n) is 8.28. The largest absolute Gasteiger partial charge is 0.493 e. The van der Waals surface area contributed by atoms with Gasteiger partial charge in [-0.2, -0.15) is 0 Å². The quantitative estimate of drug-likeness (QED) is 0.166. The van der Waals surface area contributed by atoms with E-state index in [4.69, 9.17) is 55.9 Å². The van der Waals surface area contributed by atoms with Crippen molar-refractivity contribution in [3.05, 3.63) is 104 Å². The lowest BCUT2D eigenvalue weighted by Gasteiger charge is -2.26. The maximum Gasteiger partial charge on any atom is 0.335 e. The summed E-state index contributed by atoms with van der Waals surface area (Å²) in [6, 6.07) is 11.8. The molecule has 3 aromatic rings. The van der Waals surface area contributed by atoms with Gasteiger partial charge in [0.05, 0.1) is 22.8 Å². The fourth-order valence-electron chi connectivity index (χ4n) is 3.86. The van der Waals surface area contributed by atoms with Gasteiger partial charge in [-0.05, 0) is 60.5 Å². The molecule has 1 fully saturated rings. The predicted molar refractivity (Wildman–Crippen MR) is 153 cm³/mol. The molecule has 0 atom stereocenters. The zero-order valence-corrected chi connectivity index (χ0v) is 23.4. The molecule has 4 amide bonds. The van der Waals surface area contributed by atoms with Gasteiger partial charge in [0.2, 0.25) is 0 Å². The molecule has 11 heteroatoms. The Hall–Kier alpha value is -3.49. The number of halogens is 4. The lowest BCUT2D eigenvalue weighted by atomic mass is 10.0. The zero-order valence-electron chi connectivity index (χ0n) is 20.4. The highest BCUT2D eigenvalue weighted by Crippen LogP contribution is 2.36. The van der Waals surface area contributed by atoms with Crippen molar-refractivity contribution < 1.29 is 23.9 Å². The number of nitrogens with one attached hydrogen (secondary N) is 1. The van der Waals surface area contributed by atoms with Crippen molar-refractivity contribution in [2.24, 2.45) is 0 Å². The number of methoxy groups -OCH3 is 1. The number of carbonyl (C=O) groups excluding carboxylic acids is 3. The highest BCUT2D eigenvalue weighted by molar-refractivity contribution is 6.43. The third-order valence-electron chi connectivity index (χ3n) is 5.70. The minimum absolute atomic E-state index is 0.137. The third-order valence-corrected chi connectivity index (χ3v) is 7.03. The molecule has 39 heavy (non-hydrogen) atoms. The molecule has 7 nitrogen and oxygen atoms in total. The third kappa shape index (κ3) is 6.23. The molecule has 0 aromatic heterocycles. The number of urea groups is 1. The second-order valence-corrected chi connectivity index (χ2v) is 9.94. The lowest BCUT2D eigenvalue weighted by molar-refractivity contribution is -0.122. The normalized spacial score (nSPS) is 14.4. The molecule has 0 saturated carbocycles. The van der Waals surface area contributed by atoms with Gasteiger partial charge in [-0.25, -0.2) is 9.69 Å². The van der Waals surface area contributed by atoms with Crippen molar-refractivity contribution in [1.29, 1.82) is 0 Å². The summed E-state index contributed by atoms with van der Waals surface area (Å²) in [5.41, 5.74) is 1.74. The highest BCUT2D eigenvalue weighted by Gasteiger charge is 2.37. The lowest BCUT2D eigenvalue weighted by Crippen LogP contribution is -2.54. The van der Waals surface area contributed by atoms with Crippen LogP contribution < -0.4 is 19.7 Å². The van der Waals surface area contributed by atoms with Crippen molar-refractivity contribution in [1.82, 2.24) is 5.32 Å². The molecule has 0 unspecified atom stereocenters. The van der Waals surface area contributed by atoms with E-state index in [1.165, 1.54) is 31.4 Å². The molecule has 1 saturated heterocycles. The van der Waals surface area contributed by atoms with E-state index in [0.29, 0.717) is 39.1 Å². The first-order chi connectivity index (χ1) is 18.6. The molecule has 1 heterocycles. The molecule has 1 aliphatic rings. The van der Waals surface area contributed by atoms with Gasteiger partial charge in [-0.15, -0.1) is 6.58 Å². The number of amides is 4. The standard InChI is InChI=1S/C28H20Cl4N2O5/c1-3-4-16-9-15(11-24(38-2)25(16)39-14-17-5-6-18(29)12-22(17)31)10-20-26(35)33-28(37)34(27(20)36)19-7-8-21(30)23(32)13-19/h3,5-13H,1,4,14H2,2H3,(H,33,35,37)/b20-10+. The maximum atomic E-state index is 13.3. The van der Waals surface area contributed by atoms with Crippen molar-refractivity contribution in [2.45, 2.75) is 13.0 Å². The summed E-state index contributed by atoms with van der Waals surface area (Å²) in [5, 5.41) is 3.53. The smallest absolute Gasteiger partial charge is 0.335 e. The molecule has 0 spiro atoms. The van der Waals surface area contributed by atoms with Crippen LogP contribution in [0.25, 0.3) is 6.08 Å². The van der Waals surface area contributed by atoms with Crippen molar-refractivity contribution in [3.8, 4) is 11.5 Å². The minimum Gasteiger partial charge on any atom is -0.493 e. The molecule has 0 bridgehead atoms. The summed E-state index contributed by atoms with van der Waals surface area (Å²) in [6.07, 6.45) is 3.44. The van der Waals surface area contributed by atoms with Gasteiger partial charge in [0.1, 0.15) is 12.2 Å².